The second-order valence-electron chi connectivity index (χ2n) is 7.99. The van der Waals surface area contributed by atoms with E-state index in [1.807, 2.05) is 6.07 Å². The molecule has 2 aromatic rings. The highest BCUT2D eigenvalue weighted by atomic mass is 16.3. The minimum absolute atomic E-state index is 0.0140. The molecule has 0 aliphatic heterocycles. The first kappa shape index (κ1) is 25.8. The normalized spacial score (nSPS) is 10.5. The lowest BCUT2D eigenvalue weighted by Crippen LogP contribution is -2.09. The van der Waals surface area contributed by atoms with Gasteiger partial charge < -0.3 is 10.2 Å². The van der Waals surface area contributed by atoms with Crippen LogP contribution in [0.25, 0.3) is 0 Å². The van der Waals surface area contributed by atoms with E-state index in [4.69, 9.17) is 0 Å². The fraction of sp³-hybridized carbons (Fsp3) is 0.444. The van der Waals surface area contributed by atoms with Gasteiger partial charge in [-0.15, -0.1) is 0 Å². The first-order valence-electron chi connectivity index (χ1n) is 10.9. The molecule has 0 saturated carbocycles. The molecule has 2 N–H and O–H groups in total. The molecular weight excluding hydrogens is 372 g/mol. The molecule has 0 radical (unpaired) electrons. The van der Waals surface area contributed by atoms with E-state index in [0.717, 1.165) is 24.7 Å². The van der Waals surface area contributed by atoms with Crippen molar-refractivity contribution in [1.29, 1.82) is 0 Å². The molecule has 0 unspecified atom stereocenters. The molecule has 0 atom stereocenters. The second kappa shape index (κ2) is 14.7. The van der Waals surface area contributed by atoms with E-state index in [0.29, 0.717) is 5.57 Å². The third-order valence-electron chi connectivity index (χ3n) is 5.26. The number of carbonyl (C=O) groups is 1. The van der Waals surface area contributed by atoms with Crippen molar-refractivity contribution < 1.29 is 15.0 Å². The molecule has 0 aliphatic carbocycles. The smallest absolute Gasteiger partial charge is 0.145 e. The lowest BCUT2D eigenvalue weighted by atomic mass is 9.93. The number of aryl methyl sites for hydroxylation is 4. The molecular formula is C27H38O3. The predicted octanol–water partition coefficient (Wildman–Crippen LogP) is 5.34. The standard InChI is InChI=1S/C23H32O2.C4H6O/c1-3-4-5-6-19-7-9-20(10-8-19)11-12-21-13-14-22(15-18(21)2)23(16-24)17-25;1-4(2)3-5/h7-10,13-15,23-25H,3-6,11-12,16-17H2,1-2H3;3H,1H2,2H3. The fourth-order valence-electron chi connectivity index (χ4n) is 3.25. The number of carbonyl (C=O) groups excluding carboxylic acids is 1. The number of aliphatic hydroxyl groups is 2. The summed E-state index contributed by atoms with van der Waals surface area (Å²) in [6.45, 7) is 9.29. The van der Waals surface area contributed by atoms with Gasteiger partial charge in [-0.3, -0.25) is 4.79 Å². The van der Waals surface area contributed by atoms with E-state index < -0.39 is 0 Å². The Morgan fingerprint density at radius 2 is 1.53 bits per heavy atom. The van der Waals surface area contributed by atoms with Crippen LogP contribution in [0.15, 0.2) is 54.6 Å². The maximum Gasteiger partial charge on any atom is 0.145 e. The summed E-state index contributed by atoms with van der Waals surface area (Å²) in [4.78, 5) is 9.41. The average molecular weight is 411 g/mol. The molecule has 0 aromatic heterocycles. The number of allylic oxidation sites excluding steroid dienone is 1. The lowest BCUT2D eigenvalue weighted by molar-refractivity contribution is -0.104. The number of aliphatic hydroxyl groups excluding tert-OH is 2. The lowest BCUT2D eigenvalue weighted by Gasteiger charge is -2.14. The van der Waals surface area contributed by atoms with Crippen LogP contribution in [-0.4, -0.2) is 29.7 Å². The molecule has 164 valence electrons. The van der Waals surface area contributed by atoms with Crippen molar-refractivity contribution in [1.82, 2.24) is 0 Å². The van der Waals surface area contributed by atoms with Crippen molar-refractivity contribution in [2.24, 2.45) is 0 Å². The summed E-state index contributed by atoms with van der Waals surface area (Å²) in [5.41, 5.74) is 6.99. The van der Waals surface area contributed by atoms with Crippen molar-refractivity contribution in [2.45, 2.75) is 65.2 Å². The van der Waals surface area contributed by atoms with E-state index in [-0.39, 0.29) is 19.1 Å². The topological polar surface area (TPSA) is 57.5 Å². The van der Waals surface area contributed by atoms with Crippen molar-refractivity contribution >= 4 is 6.29 Å². The molecule has 0 heterocycles. The zero-order chi connectivity index (χ0) is 22.4. The fourth-order valence-corrected chi connectivity index (χ4v) is 3.25. The summed E-state index contributed by atoms with van der Waals surface area (Å²) in [6.07, 6.45) is 7.83. The zero-order valence-electron chi connectivity index (χ0n) is 18.9. The van der Waals surface area contributed by atoms with Crippen LogP contribution < -0.4 is 0 Å². The Labute approximate surface area is 182 Å². The number of unbranched alkanes of at least 4 members (excludes halogenated alkanes) is 2. The molecule has 0 spiro atoms. The van der Waals surface area contributed by atoms with Crippen LogP contribution in [0, 0.1) is 6.92 Å². The summed E-state index contributed by atoms with van der Waals surface area (Å²) < 4.78 is 0. The third-order valence-corrected chi connectivity index (χ3v) is 5.26. The van der Waals surface area contributed by atoms with Gasteiger partial charge in [-0.25, -0.2) is 0 Å². The van der Waals surface area contributed by atoms with Gasteiger partial charge in [0.1, 0.15) is 6.29 Å². The van der Waals surface area contributed by atoms with Crippen LogP contribution in [0.4, 0.5) is 0 Å². The van der Waals surface area contributed by atoms with Crippen LogP contribution >= 0.6 is 0 Å². The van der Waals surface area contributed by atoms with Gasteiger partial charge >= 0.3 is 0 Å². The van der Waals surface area contributed by atoms with Gasteiger partial charge in [-0.2, -0.15) is 0 Å². The summed E-state index contributed by atoms with van der Waals surface area (Å²) in [5, 5.41) is 18.6. The maximum atomic E-state index is 9.41. The Morgan fingerprint density at radius 3 is 2.00 bits per heavy atom. The number of aldehydes is 1. The van der Waals surface area contributed by atoms with E-state index in [1.54, 1.807) is 6.92 Å². The van der Waals surface area contributed by atoms with Gasteiger partial charge in [0, 0.05) is 5.92 Å². The van der Waals surface area contributed by atoms with Crippen molar-refractivity contribution in [3.63, 3.8) is 0 Å². The monoisotopic (exact) mass is 410 g/mol. The Morgan fingerprint density at radius 1 is 0.967 bits per heavy atom. The minimum Gasteiger partial charge on any atom is -0.396 e. The Hall–Kier alpha value is -2.23. The summed E-state index contributed by atoms with van der Waals surface area (Å²) >= 11 is 0. The first-order chi connectivity index (χ1) is 14.4. The molecule has 0 amide bonds. The van der Waals surface area contributed by atoms with Gasteiger partial charge in [0.2, 0.25) is 0 Å². The quantitative estimate of drug-likeness (QED) is 0.298. The molecule has 0 saturated heterocycles. The number of benzene rings is 2. The average Bonchev–Trinajstić information content (AvgIpc) is 2.75. The third kappa shape index (κ3) is 9.51. The van der Waals surface area contributed by atoms with E-state index >= 15 is 0 Å². The summed E-state index contributed by atoms with van der Waals surface area (Å²) in [6, 6.07) is 15.3. The van der Waals surface area contributed by atoms with Gasteiger partial charge in [-0.1, -0.05) is 68.8 Å². The Kier molecular flexibility index (Phi) is 12.6. The van der Waals surface area contributed by atoms with E-state index in [9.17, 15) is 15.0 Å². The van der Waals surface area contributed by atoms with E-state index in [2.05, 4.69) is 56.8 Å². The van der Waals surface area contributed by atoms with Gasteiger partial charge in [0.25, 0.3) is 0 Å². The van der Waals surface area contributed by atoms with Crippen molar-refractivity contribution in [3.05, 3.63) is 82.4 Å². The highest BCUT2D eigenvalue weighted by Crippen LogP contribution is 2.20. The summed E-state index contributed by atoms with van der Waals surface area (Å²) in [7, 11) is 0. The summed E-state index contributed by atoms with van der Waals surface area (Å²) in [5.74, 6) is -0.173. The molecule has 2 aromatic carbocycles. The second-order valence-corrected chi connectivity index (χ2v) is 7.99. The van der Waals surface area contributed by atoms with E-state index in [1.165, 1.54) is 47.9 Å². The molecule has 0 bridgehead atoms. The first-order valence-corrected chi connectivity index (χ1v) is 10.9. The highest BCUT2D eigenvalue weighted by molar-refractivity contribution is 5.70. The van der Waals surface area contributed by atoms with Crippen molar-refractivity contribution in [2.75, 3.05) is 13.2 Å². The van der Waals surface area contributed by atoms with Crippen LogP contribution in [0.1, 0.15) is 66.8 Å². The molecule has 2 rings (SSSR count). The predicted molar refractivity (Wildman–Crippen MR) is 126 cm³/mol. The van der Waals surface area contributed by atoms with Crippen molar-refractivity contribution in [3.8, 4) is 0 Å². The number of rotatable bonds is 11. The molecule has 0 aliphatic rings. The SMILES string of the molecule is C=C(C)C=O.CCCCCc1ccc(CCc2ccc(C(CO)CO)cc2C)cc1. The van der Waals surface area contributed by atoms with Crippen LogP contribution in [0.2, 0.25) is 0 Å². The Balaban J connectivity index is 0.000000804. The van der Waals surface area contributed by atoms with Crippen LogP contribution in [0.5, 0.6) is 0 Å². The van der Waals surface area contributed by atoms with Gasteiger partial charge in [0.05, 0.1) is 13.2 Å². The largest absolute Gasteiger partial charge is 0.396 e. The molecule has 3 heteroatoms. The molecule has 0 fully saturated rings. The van der Waals surface area contributed by atoms with Crippen LogP contribution in [-0.2, 0) is 24.1 Å². The van der Waals surface area contributed by atoms with Gasteiger partial charge in [-0.05, 0) is 72.9 Å². The maximum absolute atomic E-state index is 9.41. The highest BCUT2D eigenvalue weighted by Gasteiger charge is 2.10. The number of hydrogen-bond donors (Lipinski definition) is 2. The number of hydrogen-bond acceptors (Lipinski definition) is 3. The molecule has 30 heavy (non-hydrogen) atoms. The van der Waals surface area contributed by atoms with Gasteiger partial charge in [0.15, 0.2) is 0 Å². The minimum atomic E-state index is -0.173. The molecule has 3 nitrogen and oxygen atoms in total. The van der Waals surface area contributed by atoms with Crippen LogP contribution in [0.3, 0.4) is 0 Å². The Bertz CT molecular complexity index is 758. The zero-order valence-corrected chi connectivity index (χ0v) is 18.9.